The number of aromatic nitrogens is 4. The van der Waals surface area contributed by atoms with Gasteiger partial charge in [0.25, 0.3) is 5.91 Å². The third kappa shape index (κ3) is 3.68. The predicted octanol–water partition coefficient (Wildman–Crippen LogP) is 3.17. The molecule has 0 unspecified atom stereocenters. The lowest BCUT2D eigenvalue weighted by atomic mass is 10.1. The van der Waals surface area contributed by atoms with Crippen LogP contribution in [0.5, 0.6) is 0 Å². The van der Waals surface area contributed by atoms with Crippen molar-refractivity contribution in [2.24, 2.45) is 5.92 Å². The van der Waals surface area contributed by atoms with E-state index in [2.05, 4.69) is 30.5 Å². The molecule has 2 aliphatic rings. The molecule has 0 bridgehead atoms. The number of anilines is 2. The summed E-state index contributed by atoms with van der Waals surface area (Å²) >= 11 is 0. The highest BCUT2D eigenvalue weighted by atomic mass is 19.1. The highest BCUT2D eigenvalue weighted by molar-refractivity contribution is 6.13. The third-order valence-electron chi connectivity index (χ3n) is 6.47. The summed E-state index contributed by atoms with van der Waals surface area (Å²) in [6, 6.07) is 5.50. The van der Waals surface area contributed by atoms with Gasteiger partial charge in [-0.1, -0.05) is 0 Å². The molecular formula is C24H24FN7O. The number of halogens is 1. The van der Waals surface area contributed by atoms with Crippen LogP contribution in [0.4, 0.5) is 15.8 Å². The van der Waals surface area contributed by atoms with Gasteiger partial charge in [0.2, 0.25) is 0 Å². The van der Waals surface area contributed by atoms with E-state index in [1.54, 1.807) is 42.2 Å². The Labute approximate surface area is 189 Å². The lowest BCUT2D eigenvalue weighted by Gasteiger charge is -2.35. The van der Waals surface area contributed by atoms with E-state index in [0.29, 0.717) is 34.0 Å². The van der Waals surface area contributed by atoms with Crippen molar-refractivity contribution < 1.29 is 9.18 Å². The third-order valence-corrected chi connectivity index (χ3v) is 6.47. The first-order valence-electron chi connectivity index (χ1n) is 11.2. The molecule has 8 nitrogen and oxygen atoms in total. The SMILES string of the molecule is Cc1cn2cc(NC(=O)c3ccc(N4CCN[C@@H](C5CC5)C4)c4nccnc34)cc(F)c2n1. The molecule has 4 aromatic rings. The minimum atomic E-state index is -0.496. The Morgan fingerprint density at radius 3 is 2.82 bits per heavy atom. The number of nitrogens with zero attached hydrogens (tertiary/aromatic N) is 5. The Balaban J connectivity index is 1.32. The van der Waals surface area contributed by atoms with Gasteiger partial charge in [-0.2, -0.15) is 0 Å². The van der Waals surface area contributed by atoms with Gasteiger partial charge in [-0.3, -0.25) is 14.8 Å². The molecule has 2 fully saturated rings. The molecule has 0 radical (unpaired) electrons. The molecule has 2 N–H and O–H groups in total. The van der Waals surface area contributed by atoms with Gasteiger partial charge in [0, 0.05) is 56.5 Å². The van der Waals surface area contributed by atoms with Gasteiger partial charge in [0.05, 0.1) is 22.6 Å². The molecule has 168 valence electrons. The summed E-state index contributed by atoms with van der Waals surface area (Å²) < 4.78 is 16.0. The fourth-order valence-corrected chi connectivity index (χ4v) is 4.74. The van der Waals surface area contributed by atoms with Crippen molar-refractivity contribution in [1.82, 2.24) is 24.7 Å². The maximum Gasteiger partial charge on any atom is 0.257 e. The second-order valence-corrected chi connectivity index (χ2v) is 8.87. The fraction of sp³-hybridized carbons (Fsp3) is 0.333. The van der Waals surface area contributed by atoms with Crippen LogP contribution in [0.25, 0.3) is 16.7 Å². The van der Waals surface area contributed by atoms with Crippen LogP contribution in [0, 0.1) is 18.7 Å². The summed E-state index contributed by atoms with van der Waals surface area (Å²) in [6.45, 7) is 4.52. The minimum absolute atomic E-state index is 0.228. The normalized spacial score (nSPS) is 18.7. The van der Waals surface area contributed by atoms with Gasteiger partial charge in [-0.15, -0.1) is 0 Å². The van der Waals surface area contributed by atoms with E-state index in [9.17, 15) is 9.18 Å². The van der Waals surface area contributed by atoms with Crippen molar-refractivity contribution in [3.63, 3.8) is 0 Å². The van der Waals surface area contributed by atoms with Crippen molar-refractivity contribution in [2.45, 2.75) is 25.8 Å². The number of carbonyl (C=O) groups excluding carboxylic acids is 1. The number of imidazole rings is 1. The van der Waals surface area contributed by atoms with Crippen LogP contribution in [-0.2, 0) is 0 Å². The molecule has 9 heteroatoms. The first kappa shape index (κ1) is 20.0. The van der Waals surface area contributed by atoms with Crippen LogP contribution in [0.2, 0.25) is 0 Å². The number of pyridine rings is 1. The van der Waals surface area contributed by atoms with Crippen molar-refractivity contribution in [2.75, 3.05) is 29.9 Å². The molecule has 0 spiro atoms. The van der Waals surface area contributed by atoms with Gasteiger partial charge < -0.3 is 19.9 Å². The summed E-state index contributed by atoms with van der Waals surface area (Å²) in [4.78, 5) is 28.7. The van der Waals surface area contributed by atoms with Crippen LogP contribution < -0.4 is 15.5 Å². The van der Waals surface area contributed by atoms with Crippen molar-refractivity contribution in [3.8, 4) is 0 Å². The topological polar surface area (TPSA) is 87.5 Å². The number of aryl methyl sites for hydroxylation is 1. The van der Waals surface area contributed by atoms with Gasteiger partial charge >= 0.3 is 0 Å². The molecule has 1 aliphatic heterocycles. The van der Waals surface area contributed by atoms with E-state index in [-0.39, 0.29) is 11.6 Å². The van der Waals surface area contributed by atoms with Crippen LogP contribution >= 0.6 is 0 Å². The molecule has 3 aromatic heterocycles. The fourth-order valence-electron chi connectivity index (χ4n) is 4.74. The van der Waals surface area contributed by atoms with Gasteiger partial charge in [0.1, 0.15) is 11.0 Å². The highest BCUT2D eigenvalue weighted by Gasteiger charge is 2.34. The van der Waals surface area contributed by atoms with E-state index in [4.69, 9.17) is 0 Å². The molecule has 6 rings (SSSR count). The van der Waals surface area contributed by atoms with E-state index in [0.717, 1.165) is 31.2 Å². The maximum absolute atomic E-state index is 14.4. The molecule has 1 saturated heterocycles. The number of rotatable bonds is 4. The lowest BCUT2D eigenvalue weighted by molar-refractivity contribution is 0.102. The second kappa shape index (κ2) is 7.77. The Bertz CT molecular complexity index is 1380. The van der Waals surface area contributed by atoms with Crippen LogP contribution in [0.3, 0.4) is 0 Å². The molecule has 1 aromatic carbocycles. The molecule has 33 heavy (non-hydrogen) atoms. The molecule has 1 atom stereocenters. The number of piperazine rings is 1. The summed E-state index contributed by atoms with van der Waals surface area (Å²) in [5.74, 6) is -0.101. The number of nitrogens with one attached hydrogen (secondary N) is 2. The second-order valence-electron chi connectivity index (χ2n) is 8.87. The molecule has 4 heterocycles. The van der Waals surface area contributed by atoms with Crippen molar-refractivity contribution >= 4 is 34.0 Å². The number of hydrogen-bond donors (Lipinski definition) is 2. The zero-order valence-corrected chi connectivity index (χ0v) is 18.3. The average Bonchev–Trinajstić information content (AvgIpc) is 3.60. The molecule has 1 aliphatic carbocycles. The molecule has 1 amide bonds. The first-order chi connectivity index (χ1) is 16.1. The zero-order valence-electron chi connectivity index (χ0n) is 18.3. The Kier molecular flexibility index (Phi) is 4.72. The quantitative estimate of drug-likeness (QED) is 0.502. The number of carbonyl (C=O) groups is 1. The Morgan fingerprint density at radius 2 is 2.00 bits per heavy atom. The van der Waals surface area contributed by atoms with Crippen LogP contribution in [0.1, 0.15) is 28.9 Å². The van der Waals surface area contributed by atoms with E-state index in [1.165, 1.54) is 18.9 Å². The number of benzene rings is 1. The Hall–Kier alpha value is -3.59. The number of fused-ring (bicyclic) bond motifs is 2. The lowest BCUT2D eigenvalue weighted by Crippen LogP contribution is -2.51. The first-order valence-corrected chi connectivity index (χ1v) is 11.2. The van der Waals surface area contributed by atoms with E-state index in [1.807, 2.05) is 6.07 Å². The summed E-state index contributed by atoms with van der Waals surface area (Å²) in [5, 5.41) is 6.43. The van der Waals surface area contributed by atoms with E-state index < -0.39 is 5.82 Å². The number of amides is 1. The standard InChI is InChI=1S/C24H24FN7O/c1-14-11-32-12-16(10-18(25)23(32)29-14)30-24(33)17-4-5-20(22-21(17)27-6-7-28-22)31-9-8-26-19(13-31)15-2-3-15/h4-7,10-12,15,19,26H,2-3,8-9,13H2,1H3,(H,30,33)/t19-/m1/s1. The van der Waals surface area contributed by atoms with Crippen molar-refractivity contribution in [1.29, 1.82) is 0 Å². The zero-order chi connectivity index (χ0) is 22.5. The maximum atomic E-state index is 14.4. The summed E-state index contributed by atoms with van der Waals surface area (Å²) in [7, 11) is 0. The Morgan fingerprint density at radius 1 is 1.18 bits per heavy atom. The average molecular weight is 446 g/mol. The van der Waals surface area contributed by atoms with Gasteiger partial charge in [0.15, 0.2) is 11.5 Å². The smallest absolute Gasteiger partial charge is 0.257 e. The monoisotopic (exact) mass is 445 g/mol. The predicted molar refractivity (Wildman–Crippen MR) is 124 cm³/mol. The largest absolute Gasteiger partial charge is 0.367 e. The molecule has 1 saturated carbocycles. The number of hydrogen-bond acceptors (Lipinski definition) is 6. The van der Waals surface area contributed by atoms with Crippen molar-refractivity contribution in [3.05, 3.63) is 60.1 Å². The molecular weight excluding hydrogens is 421 g/mol. The van der Waals surface area contributed by atoms with Gasteiger partial charge in [-0.25, -0.2) is 9.37 Å². The van der Waals surface area contributed by atoms with Gasteiger partial charge in [-0.05, 0) is 37.8 Å². The minimum Gasteiger partial charge on any atom is -0.367 e. The van der Waals surface area contributed by atoms with E-state index >= 15 is 0 Å². The summed E-state index contributed by atoms with van der Waals surface area (Å²) in [6.07, 6.45) is 9.18. The van der Waals surface area contributed by atoms with Crippen LogP contribution in [0.15, 0.2) is 43.0 Å². The highest BCUT2D eigenvalue weighted by Crippen LogP contribution is 2.35. The van der Waals surface area contributed by atoms with Crippen LogP contribution in [-0.4, -0.2) is 50.9 Å². The summed E-state index contributed by atoms with van der Waals surface area (Å²) in [5.41, 5.74) is 3.90.